The molecule has 1 aromatic carbocycles. The third-order valence-electron chi connectivity index (χ3n) is 4.88. The number of amides is 1. The van der Waals surface area contributed by atoms with Crippen LogP contribution in [0.15, 0.2) is 18.2 Å². The number of nitrogens with zero attached hydrogens (tertiary/aromatic N) is 4. The second-order valence-corrected chi connectivity index (χ2v) is 6.58. The predicted octanol–water partition coefficient (Wildman–Crippen LogP) is 2.40. The Balaban J connectivity index is 0.00000225. The number of nitrogens with one attached hydrogen (secondary N) is 1. The second-order valence-electron chi connectivity index (χ2n) is 6.58. The van der Waals surface area contributed by atoms with Gasteiger partial charge in [0.1, 0.15) is 0 Å². The highest BCUT2D eigenvalue weighted by Gasteiger charge is 2.25. The number of halogens is 1. The average molecular weight is 365 g/mol. The van der Waals surface area contributed by atoms with Crippen molar-refractivity contribution in [3.8, 4) is 5.69 Å². The molecule has 8 heteroatoms. The van der Waals surface area contributed by atoms with Crippen molar-refractivity contribution < 1.29 is 4.79 Å². The minimum Gasteiger partial charge on any atom is -0.330 e. The molecule has 0 radical (unpaired) electrons. The zero-order valence-corrected chi connectivity index (χ0v) is 15.4. The number of hydrogen-bond donors (Lipinski definition) is 2. The standard InChI is InChI=1S/C17H24N6O.ClH/c1-11-3-8-15(9-16(11)23-12(2)20-21-22-23)19-17(24)14-6-4-13(10-18)5-7-14;/h3,8-9,13-14H,4-7,10,18H2,1-2H3,(H,19,24);1H. The maximum absolute atomic E-state index is 12.5. The summed E-state index contributed by atoms with van der Waals surface area (Å²) in [4.78, 5) is 12.5. The number of aromatic nitrogens is 4. The lowest BCUT2D eigenvalue weighted by Crippen LogP contribution is -2.29. The van der Waals surface area contributed by atoms with E-state index >= 15 is 0 Å². The number of nitrogens with two attached hydrogens (primary N) is 1. The van der Waals surface area contributed by atoms with Crippen molar-refractivity contribution in [2.45, 2.75) is 39.5 Å². The van der Waals surface area contributed by atoms with Gasteiger partial charge in [-0.05, 0) is 80.1 Å². The number of carbonyl (C=O) groups excluding carboxylic acids is 1. The van der Waals surface area contributed by atoms with Crippen molar-refractivity contribution in [2.24, 2.45) is 17.6 Å². The minimum atomic E-state index is 0. The molecule has 1 aliphatic carbocycles. The van der Waals surface area contributed by atoms with Gasteiger partial charge in [-0.3, -0.25) is 4.79 Å². The molecule has 0 atom stereocenters. The molecule has 7 nitrogen and oxygen atoms in total. The van der Waals surface area contributed by atoms with E-state index in [1.165, 1.54) is 0 Å². The van der Waals surface area contributed by atoms with E-state index in [1.54, 1.807) is 4.68 Å². The summed E-state index contributed by atoms with van der Waals surface area (Å²) in [5, 5.41) is 14.6. The maximum Gasteiger partial charge on any atom is 0.227 e. The lowest BCUT2D eigenvalue weighted by atomic mass is 9.81. The van der Waals surface area contributed by atoms with Crippen molar-refractivity contribution in [3.05, 3.63) is 29.6 Å². The number of benzene rings is 1. The number of aryl methyl sites for hydroxylation is 2. The Morgan fingerprint density at radius 3 is 2.60 bits per heavy atom. The van der Waals surface area contributed by atoms with E-state index in [4.69, 9.17) is 5.73 Å². The number of rotatable bonds is 4. The van der Waals surface area contributed by atoms with Gasteiger partial charge >= 0.3 is 0 Å². The van der Waals surface area contributed by atoms with Gasteiger partial charge in [-0.2, -0.15) is 4.68 Å². The first-order valence-electron chi connectivity index (χ1n) is 8.45. The smallest absolute Gasteiger partial charge is 0.227 e. The fraction of sp³-hybridized carbons (Fsp3) is 0.529. The first-order valence-corrected chi connectivity index (χ1v) is 8.45. The Morgan fingerprint density at radius 1 is 1.28 bits per heavy atom. The zero-order chi connectivity index (χ0) is 17.1. The van der Waals surface area contributed by atoms with Gasteiger partial charge < -0.3 is 11.1 Å². The number of tetrazole rings is 1. The Bertz CT molecular complexity index is 724. The molecule has 25 heavy (non-hydrogen) atoms. The van der Waals surface area contributed by atoms with Gasteiger partial charge in [0.05, 0.1) is 5.69 Å². The molecule has 3 rings (SSSR count). The first-order chi connectivity index (χ1) is 11.6. The zero-order valence-electron chi connectivity index (χ0n) is 14.6. The van der Waals surface area contributed by atoms with E-state index in [2.05, 4.69) is 20.8 Å². The van der Waals surface area contributed by atoms with Crippen LogP contribution in [0.4, 0.5) is 5.69 Å². The monoisotopic (exact) mass is 364 g/mol. The van der Waals surface area contributed by atoms with Crippen molar-refractivity contribution in [1.29, 1.82) is 0 Å². The normalized spacial score (nSPS) is 20.0. The quantitative estimate of drug-likeness (QED) is 0.867. The van der Waals surface area contributed by atoms with E-state index in [0.717, 1.165) is 49.2 Å². The van der Waals surface area contributed by atoms with Gasteiger partial charge in [-0.25, -0.2) is 0 Å². The lowest BCUT2D eigenvalue weighted by Gasteiger charge is -2.26. The summed E-state index contributed by atoms with van der Waals surface area (Å²) in [5.74, 6) is 1.45. The third-order valence-corrected chi connectivity index (χ3v) is 4.88. The van der Waals surface area contributed by atoms with Crippen LogP contribution in [0.1, 0.15) is 37.1 Å². The van der Waals surface area contributed by atoms with E-state index in [0.29, 0.717) is 11.7 Å². The first kappa shape index (κ1) is 19.3. The fourth-order valence-electron chi connectivity index (χ4n) is 3.27. The van der Waals surface area contributed by atoms with Crippen LogP contribution in [0.2, 0.25) is 0 Å². The molecule has 136 valence electrons. The Labute approximate surface area is 153 Å². The minimum absolute atomic E-state index is 0. The molecule has 0 aliphatic heterocycles. The Kier molecular flexibility index (Phi) is 6.50. The molecule has 1 aromatic heterocycles. The van der Waals surface area contributed by atoms with Crippen LogP contribution in [-0.2, 0) is 4.79 Å². The fourth-order valence-corrected chi connectivity index (χ4v) is 3.27. The topological polar surface area (TPSA) is 98.7 Å². The molecule has 1 aliphatic rings. The largest absolute Gasteiger partial charge is 0.330 e. The van der Waals surface area contributed by atoms with E-state index in [-0.39, 0.29) is 24.2 Å². The highest BCUT2D eigenvalue weighted by molar-refractivity contribution is 5.92. The number of carbonyl (C=O) groups is 1. The highest BCUT2D eigenvalue weighted by Crippen LogP contribution is 2.29. The molecule has 1 saturated carbocycles. The van der Waals surface area contributed by atoms with Crippen LogP contribution >= 0.6 is 12.4 Å². The van der Waals surface area contributed by atoms with Crippen LogP contribution in [0.25, 0.3) is 5.69 Å². The molecule has 1 amide bonds. The molecule has 3 N–H and O–H groups in total. The average Bonchev–Trinajstić information content (AvgIpc) is 3.02. The predicted molar refractivity (Wildman–Crippen MR) is 99.0 cm³/mol. The molecular formula is C17H25ClN6O. The summed E-state index contributed by atoms with van der Waals surface area (Å²) in [6.45, 7) is 4.57. The molecule has 1 heterocycles. The van der Waals surface area contributed by atoms with Gasteiger partial charge in [0.25, 0.3) is 0 Å². The summed E-state index contributed by atoms with van der Waals surface area (Å²) in [5.41, 5.74) is 8.42. The second kappa shape index (κ2) is 8.40. The van der Waals surface area contributed by atoms with Crippen molar-refractivity contribution >= 4 is 24.0 Å². The van der Waals surface area contributed by atoms with Crippen LogP contribution < -0.4 is 11.1 Å². The molecule has 1 fully saturated rings. The van der Waals surface area contributed by atoms with Crippen molar-refractivity contribution in [3.63, 3.8) is 0 Å². The Hall–Kier alpha value is -1.99. The number of hydrogen-bond acceptors (Lipinski definition) is 5. The van der Waals surface area contributed by atoms with Crippen LogP contribution in [0.5, 0.6) is 0 Å². The summed E-state index contributed by atoms with van der Waals surface area (Å²) in [7, 11) is 0. The molecule has 0 bridgehead atoms. The lowest BCUT2D eigenvalue weighted by molar-refractivity contribution is -0.121. The third kappa shape index (κ3) is 4.35. The van der Waals surface area contributed by atoms with Crippen molar-refractivity contribution in [1.82, 2.24) is 20.2 Å². The van der Waals surface area contributed by atoms with Crippen LogP contribution in [-0.4, -0.2) is 32.7 Å². The molecular weight excluding hydrogens is 340 g/mol. The summed E-state index contributed by atoms with van der Waals surface area (Å²) in [6, 6.07) is 5.81. The molecule has 0 saturated heterocycles. The van der Waals surface area contributed by atoms with Gasteiger partial charge in [0.2, 0.25) is 5.91 Å². The highest BCUT2D eigenvalue weighted by atomic mass is 35.5. The summed E-state index contributed by atoms with van der Waals surface area (Å²) in [6.07, 6.45) is 3.91. The molecule has 0 spiro atoms. The SMILES string of the molecule is Cc1ccc(NC(=O)C2CCC(CN)CC2)cc1-n1nnnc1C.Cl. The van der Waals surface area contributed by atoms with Gasteiger partial charge in [0.15, 0.2) is 5.82 Å². The summed E-state index contributed by atoms with van der Waals surface area (Å²) >= 11 is 0. The Morgan fingerprint density at radius 2 is 2.00 bits per heavy atom. The van der Waals surface area contributed by atoms with Crippen LogP contribution in [0.3, 0.4) is 0 Å². The molecule has 2 aromatic rings. The van der Waals surface area contributed by atoms with Crippen molar-refractivity contribution in [2.75, 3.05) is 11.9 Å². The van der Waals surface area contributed by atoms with E-state index < -0.39 is 0 Å². The van der Waals surface area contributed by atoms with E-state index in [1.807, 2.05) is 32.0 Å². The molecule has 0 unspecified atom stereocenters. The van der Waals surface area contributed by atoms with Gasteiger partial charge in [-0.1, -0.05) is 6.07 Å². The number of anilines is 1. The van der Waals surface area contributed by atoms with Gasteiger partial charge in [-0.15, -0.1) is 17.5 Å². The summed E-state index contributed by atoms with van der Waals surface area (Å²) < 4.78 is 1.68. The maximum atomic E-state index is 12.5. The van der Waals surface area contributed by atoms with Gasteiger partial charge in [0, 0.05) is 11.6 Å². The van der Waals surface area contributed by atoms with Crippen LogP contribution in [0, 0.1) is 25.7 Å². The van der Waals surface area contributed by atoms with E-state index in [9.17, 15) is 4.79 Å².